The molecule has 0 saturated heterocycles. The molecule has 0 aliphatic carbocycles. The average molecular weight is 303 g/mol. The van der Waals surface area contributed by atoms with Gasteiger partial charge in [0, 0.05) is 11.8 Å². The number of hydrogen-bond donors (Lipinski definition) is 2. The fourth-order valence-corrected chi connectivity index (χ4v) is 2.60. The normalized spacial score (nSPS) is 11.4. The Morgan fingerprint density at radius 2 is 2.14 bits per heavy atom. The first-order valence-corrected chi connectivity index (χ1v) is 7.55. The van der Waals surface area contributed by atoms with Crippen molar-refractivity contribution >= 4 is 28.1 Å². The minimum absolute atomic E-state index is 0.0505. The molecule has 21 heavy (non-hydrogen) atoms. The van der Waals surface area contributed by atoms with Crippen LogP contribution in [0.3, 0.4) is 0 Å². The molecule has 2 N–H and O–H groups in total. The van der Waals surface area contributed by atoms with Crippen LogP contribution >= 0.6 is 11.3 Å². The molecule has 110 valence electrons. The van der Waals surface area contributed by atoms with Crippen LogP contribution in [0.5, 0.6) is 0 Å². The van der Waals surface area contributed by atoms with Gasteiger partial charge in [0.05, 0.1) is 0 Å². The Balaban J connectivity index is 1.78. The molecule has 1 aromatic heterocycles. The molecule has 1 heterocycles. The predicted molar refractivity (Wildman–Crippen MR) is 84.1 cm³/mol. The van der Waals surface area contributed by atoms with Crippen molar-refractivity contribution in [3.8, 4) is 0 Å². The van der Waals surface area contributed by atoms with Gasteiger partial charge in [0.2, 0.25) is 5.91 Å². The summed E-state index contributed by atoms with van der Waals surface area (Å²) in [5, 5.41) is 16.8. The summed E-state index contributed by atoms with van der Waals surface area (Å²) in [4.78, 5) is 16.0. The molecule has 2 aromatic rings. The van der Waals surface area contributed by atoms with Gasteiger partial charge in [-0.1, -0.05) is 35.5 Å². The van der Waals surface area contributed by atoms with Crippen LogP contribution in [0.2, 0.25) is 0 Å². The third kappa shape index (κ3) is 4.68. The van der Waals surface area contributed by atoms with Crippen LogP contribution in [-0.4, -0.2) is 21.8 Å². The largest absolute Gasteiger partial charge is 0.411 e. The summed E-state index contributed by atoms with van der Waals surface area (Å²) in [5.74, 6) is -0.0505. The number of aryl methyl sites for hydroxylation is 1. The van der Waals surface area contributed by atoms with Gasteiger partial charge in [-0.2, -0.15) is 0 Å². The van der Waals surface area contributed by atoms with Gasteiger partial charge in [0.25, 0.3) is 0 Å². The highest BCUT2D eigenvalue weighted by Gasteiger charge is 2.08. The van der Waals surface area contributed by atoms with E-state index in [9.17, 15) is 4.79 Å². The molecule has 2 rings (SSSR count). The minimum atomic E-state index is -0.0505. The van der Waals surface area contributed by atoms with Gasteiger partial charge in [-0.05, 0) is 25.3 Å². The van der Waals surface area contributed by atoms with Gasteiger partial charge in [-0.15, -0.1) is 11.3 Å². The van der Waals surface area contributed by atoms with E-state index in [1.54, 1.807) is 12.3 Å². The SMILES string of the molecule is CC(=NO)c1csc(NC(=O)CCCc2ccccc2)n1. The van der Waals surface area contributed by atoms with Crippen LogP contribution in [0.25, 0.3) is 0 Å². The van der Waals surface area contributed by atoms with Gasteiger partial charge in [-0.25, -0.2) is 4.98 Å². The lowest BCUT2D eigenvalue weighted by atomic mass is 10.1. The molecule has 0 bridgehead atoms. The monoisotopic (exact) mass is 303 g/mol. The van der Waals surface area contributed by atoms with Gasteiger partial charge in [-0.3, -0.25) is 4.79 Å². The number of amides is 1. The number of nitrogens with zero attached hydrogens (tertiary/aromatic N) is 2. The molecule has 6 heteroatoms. The van der Waals surface area contributed by atoms with E-state index in [2.05, 4.69) is 27.6 Å². The number of benzene rings is 1. The fraction of sp³-hybridized carbons (Fsp3) is 0.267. The van der Waals surface area contributed by atoms with E-state index in [1.165, 1.54) is 16.9 Å². The van der Waals surface area contributed by atoms with E-state index in [1.807, 2.05) is 18.2 Å². The number of carbonyl (C=O) groups is 1. The number of rotatable bonds is 6. The van der Waals surface area contributed by atoms with Crippen molar-refractivity contribution in [1.82, 2.24) is 4.98 Å². The third-order valence-corrected chi connectivity index (χ3v) is 3.74. The molecule has 5 nitrogen and oxygen atoms in total. The zero-order chi connectivity index (χ0) is 15.1. The van der Waals surface area contributed by atoms with E-state index in [-0.39, 0.29) is 5.91 Å². The quantitative estimate of drug-likeness (QED) is 0.488. The Kier molecular flexibility index (Phi) is 5.45. The lowest BCUT2D eigenvalue weighted by Gasteiger charge is -2.02. The van der Waals surface area contributed by atoms with Crippen molar-refractivity contribution in [2.45, 2.75) is 26.2 Å². The summed E-state index contributed by atoms with van der Waals surface area (Å²) in [5.41, 5.74) is 2.23. The average Bonchev–Trinajstić information content (AvgIpc) is 2.96. The molecule has 1 aromatic carbocycles. The smallest absolute Gasteiger partial charge is 0.226 e. The fourth-order valence-electron chi connectivity index (χ4n) is 1.83. The molecule has 1 amide bonds. The second-order valence-electron chi connectivity index (χ2n) is 4.61. The lowest BCUT2D eigenvalue weighted by molar-refractivity contribution is -0.116. The lowest BCUT2D eigenvalue weighted by Crippen LogP contribution is -2.11. The van der Waals surface area contributed by atoms with Crippen LogP contribution < -0.4 is 5.32 Å². The first-order chi connectivity index (χ1) is 10.2. The molecule has 0 saturated carbocycles. The van der Waals surface area contributed by atoms with Crippen molar-refractivity contribution in [3.63, 3.8) is 0 Å². The number of hydrogen-bond acceptors (Lipinski definition) is 5. The first kappa shape index (κ1) is 15.2. The Bertz CT molecular complexity index is 623. The van der Waals surface area contributed by atoms with E-state index in [4.69, 9.17) is 5.21 Å². The van der Waals surface area contributed by atoms with Crippen LogP contribution in [0.1, 0.15) is 31.0 Å². The maximum atomic E-state index is 11.8. The Labute approximate surface area is 127 Å². The zero-order valence-electron chi connectivity index (χ0n) is 11.7. The zero-order valence-corrected chi connectivity index (χ0v) is 12.6. The van der Waals surface area contributed by atoms with Gasteiger partial charge >= 0.3 is 0 Å². The maximum Gasteiger partial charge on any atom is 0.226 e. The van der Waals surface area contributed by atoms with Crippen LogP contribution in [-0.2, 0) is 11.2 Å². The van der Waals surface area contributed by atoms with E-state index >= 15 is 0 Å². The van der Waals surface area contributed by atoms with Gasteiger partial charge in [0.1, 0.15) is 11.4 Å². The Morgan fingerprint density at radius 3 is 2.86 bits per heavy atom. The molecule has 0 aliphatic rings. The summed E-state index contributed by atoms with van der Waals surface area (Å²) >= 11 is 1.32. The molecule has 0 unspecified atom stereocenters. The number of nitrogens with one attached hydrogen (secondary N) is 1. The van der Waals surface area contributed by atoms with Crippen LogP contribution in [0.4, 0.5) is 5.13 Å². The molecule has 0 spiro atoms. The topological polar surface area (TPSA) is 74.6 Å². The van der Waals surface area contributed by atoms with Gasteiger partial charge in [0.15, 0.2) is 5.13 Å². The number of anilines is 1. The molecule has 0 atom stereocenters. The van der Waals surface area contributed by atoms with Crippen molar-refractivity contribution in [2.75, 3.05) is 5.32 Å². The molecular formula is C15H17N3O2S. The summed E-state index contributed by atoms with van der Waals surface area (Å²) in [6.07, 6.45) is 2.13. The van der Waals surface area contributed by atoms with E-state index < -0.39 is 0 Å². The standard InChI is InChI=1S/C15H17N3O2S/c1-11(18-20)13-10-21-15(16-13)17-14(19)9-5-8-12-6-3-2-4-7-12/h2-4,6-7,10,20H,5,8-9H2,1H3,(H,16,17,19). The summed E-state index contributed by atoms with van der Waals surface area (Å²) in [6.45, 7) is 1.65. The summed E-state index contributed by atoms with van der Waals surface area (Å²) in [6, 6.07) is 10.1. The summed E-state index contributed by atoms with van der Waals surface area (Å²) in [7, 11) is 0. The van der Waals surface area contributed by atoms with Crippen molar-refractivity contribution in [1.29, 1.82) is 0 Å². The highest BCUT2D eigenvalue weighted by molar-refractivity contribution is 7.14. The predicted octanol–water partition coefficient (Wildman–Crippen LogP) is 3.30. The Hall–Kier alpha value is -2.21. The second kappa shape index (κ2) is 7.54. The molecular weight excluding hydrogens is 286 g/mol. The second-order valence-corrected chi connectivity index (χ2v) is 5.47. The molecule has 0 aliphatic heterocycles. The number of carbonyl (C=O) groups excluding carboxylic acids is 1. The van der Waals surface area contributed by atoms with E-state index in [0.29, 0.717) is 23.0 Å². The minimum Gasteiger partial charge on any atom is -0.411 e. The Morgan fingerprint density at radius 1 is 1.38 bits per heavy atom. The highest BCUT2D eigenvalue weighted by Crippen LogP contribution is 2.16. The summed E-state index contributed by atoms with van der Waals surface area (Å²) < 4.78 is 0. The number of thiazole rings is 1. The van der Waals surface area contributed by atoms with E-state index in [0.717, 1.165) is 12.8 Å². The molecule has 0 fully saturated rings. The van der Waals surface area contributed by atoms with Crippen LogP contribution in [0.15, 0.2) is 40.9 Å². The van der Waals surface area contributed by atoms with Crippen molar-refractivity contribution in [2.24, 2.45) is 5.16 Å². The molecule has 0 radical (unpaired) electrons. The van der Waals surface area contributed by atoms with Gasteiger partial charge < -0.3 is 10.5 Å². The maximum absolute atomic E-state index is 11.8. The number of aromatic nitrogens is 1. The number of oxime groups is 1. The van der Waals surface area contributed by atoms with Crippen molar-refractivity contribution in [3.05, 3.63) is 47.0 Å². The van der Waals surface area contributed by atoms with Crippen molar-refractivity contribution < 1.29 is 10.0 Å². The third-order valence-electron chi connectivity index (χ3n) is 2.98. The highest BCUT2D eigenvalue weighted by atomic mass is 32.1. The first-order valence-electron chi connectivity index (χ1n) is 6.67. The van der Waals surface area contributed by atoms with Crippen LogP contribution in [0, 0.1) is 0 Å².